The van der Waals surface area contributed by atoms with E-state index in [9.17, 15) is 0 Å². The first-order valence-corrected chi connectivity index (χ1v) is 6.15. The summed E-state index contributed by atoms with van der Waals surface area (Å²) >= 11 is 0. The third-order valence-corrected chi connectivity index (χ3v) is 2.83. The lowest BCUT2D eigenvalue weighted by molar-refractivity contribution is 0.589. The number of hydrogen-bond donors (Lipinski definition) is 2. The second-order valence-electron chi connectivity index (χ2n) is 4.13. The molecule has 3 heteroatoms. The van der Waals surface area contributed by atoms with Gasteiger partial charge in [0.15, 0.2) is 0 Å². The maximum atomic E-state index is 5.42. The number of nitrogens with two attached hydrogens (primary N) is 1. The highest BCUT2D eigenvalue weighted by molar-refractivity contribution is 5.52. The zero-order chi connectivity index (χ0) is 11.9. The van der Waals surface area contributed by atoms with Crippen molar-refractivity contribution in [1.29, 1.82) is 0 Å². The van der Waals surface area contributed by atoms with Gasteiger partial charge in [-0.25, -0.2) is 0 Å². The Kier molecular flexibility index (Phi) is 4.43. The fraction of sp³-hybridized carbons (Fsp3) is 0.429. The molecular formula is C14H19N3. The Morgan fingerprint density at radius 3 is 2.88 bits per heavy atom. The first kappa shape index (κ1) is 12.0. The molecule has 0 unspecified atom stereocenters. The van der Waals surface area contributed by atoms with Crippen molar-refractivity contribution in [2.24, 2.45) is 5.73 Å². The Hall–Kier alpha value is -1.50. The number of nitrogens with one attached hydrogen (secondary N) is 1. The number of benzene rings is 1. The van der Waals surface area contributed by atoms with Crippen molar-refractivity contribution in [3.05, 3.63) is 29.8 Å². The van der Waals surface area contributed by atoms with E-state index in [0.717, 1.165) is 38.2 Å². The van der Waals surface area contributed by atoms with Gasteiger partial charge in [-0.2, -0.15) is 0 Å². The van der Waals surface area contributed by atoms with Crippen LogP contribution in [0.25, 0.3) is 0 Å². The molecule has 1 heterocycles. The zero-order valence-corrected chi connectivity index (χ0v) is 10.1. The van der Waals surface area contributed by atoms with Gasteiger partial charge in [0.1, 0.15) is 0 Å². The summed E-state index contributed by atoms with van der Waals surface area (Å²) in [6.07, 6.45) is 0.762. The number of piperazine rings is 1. The Balaban J connectivity index is 2.08. The Morgan fingerprint density at radius 2 is 2.12 bits per heavy atom. The van der Waals surface area contributed by atoms with E-state index in [-0.39, 0.29) is 0 Å². The standard InChI is InChI=1S/C14H19N3/c15-7-2-1-4-13-5-3-6-14(12-13)17-10-8-16-9-11-17/h3,5-6,12,16H,2,7-11,15H2. The van der Waals surface area contributed by atoms with Crippen LogP contribution in [0.4, 0.5) is 5.69 Å². The lowest BCUT2D eigenvalue weighted by Gasteiger charge is -2.29. The maximum absolute atomic E-state index is 5.42. The molecule has 3 nitrogen and oxygen atoms in total. The summed E-state index contributed by atoms with van der Waals surface area (Å²) in [7, 11) is 0. The minimum atomic E-state index is 0.629. The molecule has 1 aliphatic rings. The number of rotatable bonds is 2. The van der Waals surface area contributed by atoms with Crippen molar-refractivity contribution in [2.45, 2.75) is 6.42 Å². The maximum Gasteiger partial charge on any atom is 0.0379 e. The Morgan fingerprint density at radius 1 is 1.29 bits per heavy atom. The molecule has 1 aliphatic heterocycles. The highest BCUT2D eigenvalue weighted by atomic mass is 15.2. The van der Waals surface area contributed by atoms with Crippen LogP contribution < -0.4 is 16.0 Å². The van der Waals surface area contributed by atoms with E-state index >= 15 is 0 Å². The van der Waals surface area contributed by atoms with Gasteiger partial charge in [0.25, 0.3) is 0 Å². The minimum Gasteiger partial charge on any atom is -0.369 e. The minimum absolute atomic E-state index is 0.629. The second-order valence-corrected chi connectivity index (χ2v) is 4.13. The quantitative estimate of drug-likeness (QED) is 0.737. The van der Waals surface area contributed by atoms with Gasteiger partial charge in [-0.05, 0) is 18.2 Å². The van der Waals surface area contributed by atoms with Crippen LogP contribution in [0.1, 0.15) is 12.0 Å². The van der Waals surface area contributed by atoms with Crippen molar-refractivity contribution >= 4 is 5.69 Å². The van der Waals surface area contributed by atoms with E-state index < -0.39 is 0 Å². The monoisotopic (exact) mass is 229 g/mol. The molecule has 0 amide bonds. The zero-order valence-electron chi connectivity index (χ0n) is 10.1. The highest BCUT2D eigenvalue weighted by Crippen LogP contribution is 2.16. The van der Waals surface area contributed by atoms with E-state index in [2.05, 4.69) is 46.3 Å². The van der Waals surface area contributed by atoms with Crippen LogP contribution in [0, 0.1) is 11.8 Å². The van der Waals surface area contributed by atoms with Crippen molar-refractivity contribution < 1.29 is 0 Å². The van der Waals surface area contributed by atoms with Gasteiger partial charge in [0.2, 0.25) is 0 Å². The van der Waals surface area contributed by atoms with Crippen LogP contribution in [-0.4, -0.2) is 32.7 Å². The summed E-state index contributed by atoms with van der Waals surface area (Å²) < 4.78 is 0. The average molecular weight is 229 g/mol. The van der Waals surface area contributed by atoms with E-state index in [1.807, 2.05) is 0 Å². The predicted molar refractivity (Wildman–Crippen MR) is 72.1 cm³/mol. The van der Waals surface area contributed by atoms with Crippen molar-refractivity contribution in [1.82, 2.24) is 5.32 Å². The third kappa shape index (κ3) is 3.48. The molecule has 0 saturated carbocycles. The molecule has 0 radical (unpaired) electrons. The van der Waals surface area contributed by atoms with Crippen molar-refractivity contribution in [3.8, 4) is 11.8 Å². The molecule has 1 fully saturated rings. The summed E-state index contributed by atoms with van der Waals surface area (Å²) in [4.78, 5) is 2.39. The first-order valence-electron chi connectivity index (χ1n) is 6.15. The van der Waals surface area contributed by atoms with Crippen LogP contribution in [0.2, 0.25) is 0 Å². The summed E-state index contributed by atoms with van der Waals surface area (Å²) in [6.45, 7) is 4.88. The highest BCUT2D eigenvalue weighted by Gasteiger charge is 2.09. The molecule has 0 atom stereocenters. The molecule has 1 saturated heterocycles. The van der Waals surface area contributed by atoms with Crippen LogP contribution in [0.5, 0.6) is 0 Å². The molecule has 2 rings (SSSR count). The van der Waals surface area contributed by atoms with E-state index in [0.29, 0.717) is 6.54 Å². The molecule has 17 heavy (non-hydrogen) atoms. The number of anilines is 1. The van der Waals surface area contributed by atoms with Gasteiger partial charge in [0, 0.05) is 50.4 Å². The number of nitrogens with zero attached hydrogens (tertiary/aromatic N) is 1. The fourth-order valence-corrected chi connectivity index (χ4v) is 1.94. The van der Waals surface area contributed by atoms with E-state index in [1.54, 1.807) is 0 Å². The normalized spacial score (nSPS) is 15.2. The molecule has 0 bridgehead atoms. The van der Waals surface area contributed by atoms with Crippen molar-refractivity contribution in [2.75, 3.05) is 37.6 Å². The molecule has 0 aliphatic carbocycles. The second kappa shape index (κ2) is 6.29. The molecular weight excluding hydrogens is 210 g/mol. The molecule has 1 aromatic rings. The van der Waals surface area contributed by atoms with Gasteiger partial charge >= 0.3 is 0 Å². The van der Waals surface area contributed by atoms with Crippen LogP contribution in [0.3, 0.4) is 0 Å². The van der Waals surface area contributed by atoms with Gasteiger partial charge in [0.05, 0.1) is 0 Å². The lowest BCUT2D eigenvalue weighted by atomic mass is 10.1. The van der Waals surface area contributed by atoms with Crippen molar-refractivity contribution in [3.63, 3.8) is 0 Å². The topological polar surface area (TPSA) is 41.3 Å². The van der Waals surface area contributed by atoms with Gasteiger partial charge < -0.3 is 16.0 Å². The summed E-state index contributed by atoms with van der Waals surface area (Å²) in [5.41, 5.74) is 7.77. The first-order chi connectivity index (χ1) is 8.40. The lowest BCUT2D eigenvalue weighted by Crippen LogP contribution is -2.43. The molecule has 1 aromatic carbocycles. The summed E-state index contributed by atoms with van der Waals surface area (Å²) in [5, 5.41) is 3.36. The molecule has 0 spiro atoms. The Labute approximate surface area is 103 Å². The fourth-order valence-electron chi connectivity index (χ4n) is 1.94. The largest absolute Gasteiger partial charge is 0.369 e. The molecule has 90 valence electrons. The molecule has 0 aromatic heterocycles. The van der Waals surface area contributed by atoms with Gasteiger partial charge in [-0.1, -0.05) is 17.9 Å². The van der Waals surface area contributed by atoms with Crippen LogP contribution in [-0.2, 0) is 0 Å². The smallest absolute Gasteiger partial charge is 0.0379 e. The van der Waals surface area contributed by atoms with Gasteiger partial charge in [-0.15, -0.1) is 0 Å². The van der Waals surface area contributed by atoms with E-state index in [1.165, 1.54) is 5.69 Å². The number of hydrogen-bond acceptors (Lipinski definition) is 3. The van der Waals surface area contributed by atoms with E-state index in [4.69, 9.17) is 5.73 Å². The Bertz CT molecular complexity index is 411. The average Bonchev–Trinajstić information content (AvgIpc) is 2.41. The summed E-state index contributed by atoms with van der Waals surface area (Å²) in [5.74, 6) is 6.23. The van der Waals surface area contributed by atoms with Gasteiger partial charge in [-0.3, -0.25) is 0 Å². The van der Waals surface area contributed by atoms with Crippen LogP contribution in [0.15, 0.2) is 24.3 Å². The third-order valence-electron chi connectivity index (χ3n) is 2.83. The SMILES string of the molecule is NCCC#Cc1cccc(N2CCNCC2)c1. The van der Waals surface area contributed by atoms with Crippen LogP contribution >= 0.6 is 0 Å². The molecule has 3 N–H and O–H groups in total. The summed E-state index contributed by atoms with van der Waals surface area (Å²) in [6, 6.07) is 8.44. The predicted octanol–water partition coefficient (Wildman–Crippen LogP) is 0.796.